The number of anilines is 1. The number of hydrogen-bond acceptors (Lipinski definition) is 4. The van der Waals surface area contributed by atoms with E-state index in [1.807, 2.05) is 43.3 Å². The van der Waals surface area contributed by atoms with Crippen LogP contribution in [0.4, 0.5) is 10.1 Å². The van der Waals surface area contributed by atoms with Gasteiger partial charge >= 0.3 is 0 Å². The fourth-order valence-corrected chi connectivity index (χ4v) is 2.57. The zero-order valence-corrected chi connectivity index (χ0v) is 15.2. The van der Waals surface area contributed by atoms with Crippen LogP contribution in [0.15, 0.2) is 65.1 Å². The molecule has 0 saturated carbocycles. The van der Waals surface area contributed by atoms with Crippen molar-refractivity contribution in [3.63, 3.8) is 0 Å². The molecule has 0 atom stereocenters. The van der Waals surface area contributed by atoms with Crippen LogP contribution >= 0.6 is 0 Å². The van der Waals surface area contributed by atoms with E-state index in [4.69, 9.17) is 9.15 Å². The van der Waals surface area contributed by atoms with Gasteiger partial charge in [-0.15, -0.1) is 0 Å². The highest BCUT2D eigenvalue weighted by Gasteiger charge is 2.14. The monoisotopic (exact) mass is 368 g/mol. The number of furan rings is 1. The fraction of sp³-hybridized carbons (Fsp3) is 0.190. The summed E-state index contributed by atoms with van der Waals surface area (Å²) in [7, 11) is 3.94. The van der Waals surface area contributed by atoms with Crippen LogP contribution in [0.25, 0.3) is 0 Å². The number of amides is 1. The standard InChI is InChI=1S/C21H21FN2O3/c1-24(2)13-15-5-3-4-6-19(15)23-21(25)20-12-11-18(27-20)14-26-17-9-7-16(22)8-10-17/h3-12H,13-14H2,1-2H3,(H,23,25). The number of carbonyl (C=O) groups is 1. The Labute approximate surface area is 157 Å². The van der Waals surface area contributed by atoms with Gasteiger partial charge < -0.3 is 19.4 Å². The second-order valence-electron chi connectivity index (χ2n) is 6.36. The summed E-state index contributed by atoms with van der Waals surface area (Å²) in [6, 6.07) is 16.6. The Kier molecular flexibility index (Phi) is 5.88. The van der Waals surface area contributed by atoms with Crippen molar-refractivity contribution < 1.29 is 18.3 Å². The number of nitrogens with zero attached hydrogens (tertiary/aromatic N) is 1. The molecule has 0 aliphatic heterocycles. The van der Waals surface area contributed by atoms with E-state index in [1.165, 1.54) is 24.3 Å². The highest BCUT2D eigenvalue weighted by Crippen LogP contribution is 2.19. The molecule has 0 saturated heterocycles. The Morgan fingerprint density at radius 2 is 1.81 bits per heavy atom. The highest BCUT2D eigenvalue weighted by atomic mass is 19.1. The van der Waals surface area contributed by atoms with Gasteiger partial charge in [0.2, 0.25) is 0 Å². The van der Waals surface area contributed by atoms with Gasteiger partial charge in [0.15, 0.2) is 5.76 Å². The zero-order chi connectivity index (χ0) is 19.2. The summed E-state index contributed by atoms with van der Waals surface area (Å²) >= 11 is 0. The number of para-hydroxylation sites is 1. The summed E-state index contributed by atoms with van der Waals surface area (Å²) in [5.41, 5.74) is 1.76. The Morgan fingerprint density at radius 1 is 1.07 bits per heavy atom. The highest BCUT2D eigenvalue weighted by molar-refractivity contribution is 6.02. The van der Waals surface area contributed by atoms with E-state index < -0.39 is 0 Å². The third kappa shape index (κ3) is 5.18. The van der Waals surface area contributed by atoms with Gasteiger partial charge in [-0.25, -0.2) is 4.39 Å². The van der Waals surface area contributed by atoms with Crippen molar-refractivity contribution >= 4 is 11.6 Å². The van der Waals surface area contributed by atoms with Crippen molar-refractivity contribution in [3.8, 4) is 5.75 Å². The first-order valence-corrected chi connectivity index (χ1v) is 8.52. The number of benzene rings is 2. The second-order valence-corrected chi connectivity index (χ2v) is 6.36. The number of carbonyl (C=O) groups excluding carboxylic acids is 1. The zero-order valence-electron chi connectivity index (χ0n) is 15.2. The van der Waals surface area contributed by atoms with Crippen LogP contribution in [0.3, 0.4) is 0 Å². The van der Waals surface area contributed by atoms with Crippen LogP contribution in [-0.4, -0.2) is 24.9 Å². The molecule has 2 aromatic carbocycles. The molecule has 1 aromatic heterocycles. The molecule has 1 heterocycles. The molecule has 3 rings (SSSR count). The number of ether oxygens (including phenoxy) is 1. The molecule has 0 radical (unpaired) electrons. The maximum absolute atomic E-state index is 12.9. The minimum absolute atomic E-state index is 0.149. The van der Waals surface area contributed by atoms with Crippen LogP contribution < -0.4 is 10.1 Å². The molecule has 0 spiro atoms. The lowest BCUT2D eigenvalue weighted by Crippen LogP contribution is -2.16. The molecule has 6 heteroatoms. The number of rotatable bonds is 7. The van der Waals surface area contributed by atoms with E-state index in [2.05, 4.69) is 5.32 Å². The Bertz CT molecular complexity index is 904. The predicted molar refractivity (Wildman–Crippen MR) is 101 cm³/mol. The lowest BCUT2D eigenvalue weighted by Gasteiger charge is -2.14. The van der Waals surface area contributed by atoms with E-state index in [0.717, 1.165) is 11.3 Å². The summed E-state index contributed by atoms with van der Waals surface area (Å²) < 4.78 is 24.0. The van der Waals surface area contributed by atoms with Crippen LogP contribution in [0, 0.1) is 5.82 Å². The molecule has 0 aliphatic rings. The average molecular weight is 368 g/mol. The molecular formula is C21H21FN2O3. The van der Waals surface area contributed by atoms with Crippen molar-refractivity contribution in [1.29, 1.82) is 0 Å². The van der Waals surface area contributed by atoms with Gasteiger partial charge in [0.05, 0.1) is 0 Å². The van der Waals surface area contributed by atoms with Crippen molar-refractivity contribution in [2.75, 3.05) is 19.4 Å². The first-order chi connectivity index (χ1) is 13.0. The summed E-state index contributed by atoms with van der Waals surface area (Å²) in [5, 5.41) is 2.88. The predicted octanol–water partition coefficient (Wildman–Crippen LogP) is 4.31. The van der Waals surface area contributed by atoms with Crippen molar-refractivity contribution in [3.05, 3.63) is 83.6 Å². The summed E-state index contributed by atoms with van der Waals surface area (Å²) in [4.78, 5) is 14.5. The topological polar surface area (TPSA) is 54.7 Å². The SMILES string of the molecule is CN(C)Cc1ccccc1NC(=O)c1ccc(COc2ccc(F)cc2)o1. The van der Waals surface area contributed by atoms with Gasteiger partial charge in [-0.1, -0.05) is 18.2 Å². The molecule has 1 N–H and O–H groups in total. The summed E-state index contributed by atoms with van der Waals surface area (Å²) in [6.45, 7) is 0.863. The molecule has 5 nitrogen and oxygen atoms in total. The fourth-order valence-electron chi connectivity index (χ4n) is 2.57. The minimum atomic E-state index is -0.325. The van der Waals surface area contributed by atoms with E-state index in [-0.39, 0.29) is 24.1 Å². The lowest BCUT2D eigenvalue weighted by molar-refractivity contribution is 0.0992. The molecule has 0 fully saturated rings. The smallest absolute Gasteiger partial charge is 0.291 e. The number of hydrogen-bond donors (Lipinski definition) is 1. The third-order valence-electron chi connectivity index (χ3n) is 3.83. The first kappa shape index (κ1) is 18.7. The maximum Gasteiger partial charge on any atom is 0.291 e. The van der Waals surface area contributed by atoms with Gasteiger partial charge in [-0.3, -0.25) is 4.79 Å². The van der Waals surface area contributed by atoms with Gasteiger partial charge in [0.25, 0.3) is 5.91 Å². The van der Waals surface area contributed by atoms with Crippen LogP contribution in [-0.2, 0) is 13.2 Å². The number of nitrogens with one attached hydrogen (secondary N) is 1. The van der Waals surface area contributed by atoms with Crippen LogP contribution in [0.2, 0.25) is 0 Å². The van der Waals surface area contributed by atoms with E-state index in [0.29, 0.717) is 18.1 Å². The van der Waals surface area contributed by atoms with Crippen molar-refractivity contribution in [1.82, 2.24) is 4.90 Å². The van der Waals surface area contributed by atoms with Gasteiger partial charge in [-0.05, 0) is 62.1 Å². The first-order valence-electron chi connectivity index (χ1n) is 8.52. The molecule has 0 unspecified atom stereocenters. The van der Waals surface area contributed by atoms with E-state index in [9.17, 15) is 9.18 Å². The van der Waals surface area contributed by atoms with Gasteiger partial charge in [0, 0.05) is 12.2 Å². The van der Waals surface area contributed by atoms with Gasteiger partial charge in [0.1, 0.15) is 23.9 Å². The lowest BCUT2D eigenvalue weighted by atomic mass is 10.1. The number of halogens is 1. The Morgan fingerprint density at radius 3 is 2.56 bits per heavy atom. The minimum Gasteiger partial charge on any atom is -0.486 e. The molecular weight excluding hydrogens is 347 g/mol. The molecule has 3 aromatic rings. The Balaban J connectivity index is 1.62. The third-order valence-corrected chi connectivity index (χ3v) is 3.83. The Hall–Kier alpha value is -3.12. The van der Waals surface area contributed by atoms with Crippen LogP contribution in [0.1, 0.15) is 21.9 Å². The van der Waals surface area contributed by atoms with Crippen LogP contribution in [0.5, 0.6) is 5.75 Å². The molecule has 1 amide bonds. The second kappa shape index (κ2) is 8.51. The van der Waals surface area contributed by atoms with Crippen molar-refractivity contribution in [2.24, 2.45) is 0 Å². The summed E-state index contributed by atoms with van der Waals surface area (Å²) in [6.07, 6.45) is 0. The summed E-state index contributed by atoms with van der Waals surface area (Å²) in [5.74, 6) is 0.581. The molecule has 27 heavy (non-hydrogen) atoms. The quantitative estimate of drug-likeness (QED) is 0.675. The largest absolute Gasteiger partial charge is 0.486 e. The normalized spacial score (nSPS) is 10.8. The van der Waals surface area contributed by atoms with E-state index >= 15 is 0 Å². The molecule has 0 aliphatic carbocycles. The average Bonchev–Trinajstić information content (AvgIpc) is 3.12. The van der Waals surface area contributed by atoms with Crippen molar-refractivity contribution in [2.45, 2.75) is 13.2 Å². The maximum atomic E-state index is 12.9. The molecule has 140 valence electrons. The van der Waals surface area contributed by atoms with E-state index in [1.54, 1.807) is 12.1 Å². The van der Waals surface area contributed by atoms with Gasteiger partial charge in [-0.2, -0.15) is 0 Å². The molecule has 0 bridgehead atoms.